The summed E-state index contributed by atoms with van der Waals surface area (Å²) < 4.78 is 0. The largest absolute Gasteiger partial charge is 0.411 e. The number of rotatable bonds is 0. The zero-order chi connectivity index (χ0) is 11.0. The fraction of sp³-hybridized carbons (Fsp3) is 0.462. The van der Waals surface area contributed by atoms with E-state index in [1.807, 2.05) is 0 Å². The second kappa shape index (κ2) is 3.91. The fourth-order valence-electron chi connectivity index (χ4n) is 2.90. The smallest absolute Gasteiger partial charge is 0.0602 e. The topological polar surface area (TPSA) is 35.8 Å². The van der Waals surface area contributed by atoms with Crippen molar-refractivity contribution in [1.82, 2.24) is 4.90 Å². The maximum atomic E-state index is 8.90. The molecule has 3 rings (SSSR count). The minimum Gasteiger partial charge on any atom is -0.411 e. The molecule has 2 aliphatic heterocycles. The minimum atomic E-state index is 0.435. The first-order valence-electron chi connectivity index (χ1n) is 5.90. The lowest BCUT2D eigenvalue weighted by Crippen LogP contribution is -2.41. The van der Waals surface area contributed by atoms with Gasteiger partial charge in [-0.05, 0) is 17.5 Å². The monoisotopic (exact) mass is 216 g/mol. The van der Waals surface area contributed by atoms with Crippen LogP contribution in [-0.4, -0.2) is 28.9 Å². The zero-order valence-corrected chi connectivity index (χ0v) is 9.26. The Bertz CT molecular complexity index is 428. The van der Waals surface area contributed by atoms with Crippen LogP contribution in [-0.2, 0) is 6.42 Å². The van der Waals surface area contributed by atoms with E-state index < -0.39 is 0 Å². The average molecular weight is 216 g/mol. The van der Waals surface area contributed by atoms with E-state index in [1.54, 1.807) is 0 Å². The van der Waals surface area contributed by atoms with Crippen LogP contribution >= 0.6 is 0 Å². The van der Waals surface area contributed by atoms with Crippen molar-refractivity contribution in [2.75, 3.05) is 13.1 Å². The van der Waals surface area contributed by atoms with Crippen LogP contribution in [0.25, 0.3) is 0 Å². The Morgan fingerprint density at radius 3 is 2.88 bits per heavy atom. The molecule has 1 atom stereocenters. The van der Waals surface area contributed by atoms with E-state index in [-0.39, 0.29) is 0 Å². The molecule has 2 heterocycles. The van der Waals surface area contributed by atoms with E-state index in [9.17, 15) is 0 Å². The first-order chi connectivity index (χ1) is 7.88. The highest BCUT2D eigenvalue weighted by Crippen LogP contribution is 2.35. The molecule has 1 aromatic carbocycles. The van der Waals surface area contributed by atoms with Gasteiger partial charge in [0.2, 0.25) is 0 Å². The Balaban J connectivity index is 1.96. The van der Waals surface area contributed by atoms with Crippen LogP contribution in [0.5, 0.6) is 0 Å². The van der Waals surface area contributed by atoms with Gasteiger partial charge in [-0.1, -0.05) is 29.4 Å². The molecule has 84 valence electrons. The first kappa shape index (κ1) is 9.85. The molecule has 1 fully saturated rings. The van der Waals surface area contributed by atoms with Crippen LogP contribution in [0.3, 0.4) is 0 Å². The molecule has 0 spiro atoms. The highest BCUT2D eigenvalue weighted by molar-refractivity contribution is 5.85. The van der Waals surface area contributed by atoms with Gasteiger partial charge in [-0.25, -0.2) is 0 Å². The van der Waals surface area contributed by atoms with E-state index in [1.165, 1.54) is 11.1 Å². The van der Waals surface area contributed by atoms with E-state index in [0.717, 1.165) is 38.1 Å². The highest BCUT2D eigenvalue weighted by Gasteiger charge is 2.31. The summed E-state index contributed by atoms with van der Waals surface area (Å²) in [5.41, 5.74) is 3.83. The quantitative estimate of drug-likeness (QED) is 0.533. The number of fused-ring (bicyclic) bond motifs is 3. The molecule has 0 saturated carbocycles. The molecular weight excluding hydrogens is 200 g/mol. The van der Waals surface area contributed by atoms with Gasteiger partial charge in [0, 0.05) is 32.0 Å². The van der Waals surface area contributed by atoms with Gasteiger partial charge in [-0.2, -0.15) is 0 Å². The maximum Gasteiger partial charge on any atom is 0.0602 e. The van der Waals surface area contributed by atoms with Crippen LogP contribution in [0.2, 0.25) is 0 Å². The fourth-order valence-corrected chi connectivity index (χ4v) is 2.90. The molecule has 0 amide bonds. The third-order valence-corrected chi connectivity index (χ3v) is 3.78. The number of benzene rings is 1. The molecule has 1 aromatic rings. The van der Waals surface area contributed by atoms with Crippen LogP contribution in [0.15, 0.2) is 29.4 Å². The number of nitrogens with zero attached hydrogens (tertiary/aromatic N) is 2. The molecule has 1 N–H and O–H groups in total. The lowest BCUT2D eigenvalue weighted by atomic mass is 9.86. The van der Waals surface area contributed by atoms with Crippen molar-refractivity contribution in [3.8, 4) is 0 Å². The predicted octanol–water partition coefficient (Wildman–Crippen LogP) is 2.21. The van der Waals surface area contributed by atoms with Gasteiger partial charge in [-0.3, -0.25) is 4.90 Å². The van der Waals surface area contributed by atoms with Crippen LogP contribution in [0, 0.1) is 0 Å². The van der Waals surface area contributed by atoms with E-state index in [4.69, 9.17) is 5.21 Å². The zero-order valence-electron chi connectivity index (χ0n) is 9.26. The van der Waals surface area contributed by atoms with Gasteiger partial charge >= 0.3 is 0 Å². The van der Waals surface area contributed by atoms with Crippen molar-refractivity contribution in [2.24, 2.45) is 5.16 Å². The molecule has 0 bridgehead atoms. The third kappa shape index (κ3) is 1.52. The SMILES string of the molecule is O/N=C1\CCN2CCc3ccccc3C2C1. The van der Waals surface area contributed by atoms with Crippen molar-refractivity contribution < 1.29 is 5.21 Å². The second-order valence-electron chi connectivity index (χ2n) is 4.62. The molecule has 0 radical (unpaired) electrons. The normalized spacial score (nSPS) is 27.5. The standard InChI is InChI=1S/C13H16N2O/c16-14-11-6-8-15-7-5-10-3-1-2-4-12(10)13(15)9-11/h1-4,13,16H,5-9H2/b14-11+. The number of hydrogen-bond donors (Lipinski definition) is 1. The Morgan fingerprint density at radius 2 is 2.00 bits per heavy atom. The molecule has 2 aliphatic rings. The molecular formula is C13H16N2O. The molecule has 0 aliphatic carbocycles. The number of piperidine rings is 1. The third-order valence-electron chi connectivity index (χ3n) is 3.78. The van der Waals surface area contributed by atoms with Crippen molar-refractivity contribution in [2.45, 2.75) is 25.3 Å². The summed E-state index contributed by atoms with van der Waals surface area (Å²) in [6.07, 6.45) is 2.95. The summed E-state index contributed by atoms with van der Waals surface area (Å²) >= 11 is 0. The summed E-state index contributed by atoms with van der Waals surface area (Å²) in [6.45, 7) is 2.17. The molecule has 1 saturated heterocycles. The molecule has 3 nitrogen and oxygen atoms in total. The maximum absolute atomic E-state index is 8.90. The van der Waals surface area contributed by atoms with Crippen molar-refractivity contribution in [1.29, 1.82) is 0 Å². The lowest BCUT2D eigenvalue weighted by Gasteiger charge is -2.40. The Kier molecular flexibility index (Phi) is 2.40. The summed E-state index contributed by atoms with van der Waals surface area (Å²) in [5.74, 6) is 0. The number of hydrogen-bond acceptors (Lipinski definition) is 3. The summed E-state index contributed by atoms with van der Waals surface area (Å²) in [5, 5.41) is 12.3. The van der Waals surface area contributed by atoms with E-state index >= 15 is 0 Å². The highest BCUT2D eigenvalue weighted by atomic mass is 16.4. The summed E-state index contributed by atoms with van der Waals surface area (Å²) in [7, 11) is 0. The van der Waals surface area contributed by atoms with Gasteiger partial charge in [0.15, 0.2) is 0 Å². The van der Waals surface area contributed by atoms with Crippen molar-refractivity contribution in [3.05, 3.63) is 35.4 Å². The van der Waals surface area contributed by atoms with Gasteiger partial charge in [-0.15, -0.1) is 0 Å². The van der Waals surface area contributed by atoms with Gasteiger partial charge < -0.3 is 5.21 Å². The molecule has 16 heavy (non-hydrogen) atoms. The van der Waals surface area contributed by atoms with E-state index in [0.29, 0.717) is 6.04 Å². The van der Waals surface area contributed by atoms with Gasteiger partial charge in [0.1, 0.15) is 0 Å². The van der Waals surface area contributed by atoms with Crippen LogP contribution in [0.4, 0.5) is 0 Å². The van der Waals surface area contributed by atoms with Gasteiger partial charge in [0.05, 0.1) is 5.71 Å². The Labute approximate surface area is 95.4 Å². The first-order valence-corrected chi connectivity index (χ1v) is 5.90. The minimum absolute atomic E-state index is 0.435. The predicted molar refractivity (Wildman–Crippen MR) is 62.9 cm³/mol. The lowest BCUT2D eigenvalue weighted by molar-refractivity contribution is 0.176. The average Bonchev–Trinajstić information content (AvgIpc) is 2.38. The van der Waals surface area contributed by atoms with Crippen molar-refractivity contribution in [3.63, 3.8) is 0 Å². The van der Waals surface area contributed by atoms with Crippen LogP contribution in [0.1, 0.15) is 30.0 Å². The number of oxime groups is 1. The van der Waals surface area contributed by atoms with Gasteiger partial charge in [0.25, 0.3) is 0 Å². The summed E-state index contributed by atoms with van der Waals surface area (Å²) in [6, 6.07) is 9.08. The van der Waals surface area contributed by atoms with E-state index in [2.05, 4.69) is 34.3 Å². The summed E-state index contributed by atoms with van der Waals surface area (Å²) in [4.78, 5) is 2.51. The van der Waals surface area contributed by atoms with Crippen molar-refractivity contribution >= 4 is 5.71 Å². The molecule has 3 heteroatoms. The second-order valence-corrected chi connectivity index (χ2v) is 4.62. The Hall–Kier alpha value is -1.35. The molecule has 1 unspecified atom stereocenters. The molecule has 0 aromatic heterocycles. The van der Waals surface area contributed by atoms with Crippen LogP contribution < -0.4 is 0 Å². The Morgan fingerprint density at radius 1 is 1.19 bits per heavy atom.